The average molecular weight is 241 g/mol. The van der Waals surface area contributed by atoms with E-state index in [1.807, 2.05) is 0 Å². The summed E-state index contributed by atoms with van der Waals surface area (Å²) in [6.45, 7) is 9.05. The first-order valence-corrected chi connectivity index (χ1v) is 7.08. The molecule has 0 spiro atoms. The molecule has 2 heterocycles. The summed E-state index contributed by atoms with van der Waals surface area (Å²) in [6.07, 6.45) is 4.45. The number of morpholine rings is 1. The van der Waals surface area contributed by atoms with Crippen LogP contribution in [0, 0.1) is 0 Å². The summed E-state index contributed by atoms with van der Waals surface area (Å²) < 4.78 is 5.71. The summed E-state index contributed by atoms with van der Waals surface area (Å²) in [5.41, 5.74) is 0. The molecule has 2 rings (SSSR count). The molecule has 0 saturated carbocycles. The number of nitrogens with zero attached hydrogens (tertiary/aromatic N) is 2. The summed E-state index contributed by atoms with van der Waals surface area (Å²) in [7, 11) is 2.17. The minimum Gasteiger partial charge on any atom is -0.374 e. The molecule has 4 nitrogen and oxygen atoms in total. The second-order valence-corrected chi connectivity index (χ2v) is 5.36. The number of likely N-dealkylation sites (N-methyl/N-ethyl adjacent to an activating group) is 1. The summed E-state index contributed by atoms with van der Waals surface area (Å²) in [4.78, 5) is 4.92. The first kappa shape index (κ1) is 13.3. The fourth-order valence-corrected chi connectivity index (χ4v) is 2.69. The Hall–Kier alpha value is -0.160. The molecular formula is C13H27N3O. The fraction of sp³-hybridized carbons (Fsp3) is 1.00. The lowest BCUT2D eigenvalue weighted by molar-refractivity contribution is -0.0180. The molecule has 0 aromatic rings. The molecule has 2 aliphatic heterocycles. The number of hydrogen-bond acceptors (Lipinski definition) is 4. The lowest BCUT2D eigenvalue weighted by atomic mass is 10.3. The topological polar surface area (TPSA) is 27.7 Å². The molecule has 1 atom stereocenters. The summed E-state index contributed by atoms with van der Waals surface area (Å²) >= 11 is 0. The highest BCUT2D eigenvalue weighted by Crippen LogP contribution is 2.07. The third kappa shape index (κ3) is 4.92. The van der Waals surface area contributed by atoms with Crippen LogP contribution in [-0.4, -0.2) is 75.4 Å². The number of ether oxygens (including phenoxy) is 1. The zero-order valence-electron chi connectivity index (χ0n) is 11.2. The van der Waals surface area contributed by atoms with E-state index in [2.05, 4.69) is 22.2 Å². The van der Waals surface area contributed by atoms with E-state index in [4.69, 9.17) is 4.74 Å². The van der Waals surface area contributed by atoms with Crippen molar-refractivity contribution in [2.75, 3.05) is 59.5 Å². The predicted molar refractivity (Wildman–Crippen MR) is 70.4 cm³/mol. The first-order chi connectivity index (χ1) is 8.34. The third-order valence-corrected chi connectivity index (χ3v) is 3.74. The second kappa shape index (κ2) is 7.31. The van der Waals surface area contributed by atoms with E-state index in [-0.39, 0.29) is 0 Å². The summed E-state index contributed by atoms with van der Waals surface area (Å²) in [5, 5.41) is 3.52. The summed E-state index contributed by atoms with van der Waals surface area (Å²) in [5.74, 6) is 0. The molecule has 0 aliphatic carbocycles. The third-order valence-electron chi connectivity index (χ3n) is 3.74. The Labute approximate surface area is 105 Å². The molecule has 2 fully saturated rings. The Morgan fingerprint density at radius 1 is 1.24 bits per heavy atom. The molecule has 0 amide bonds. The SMILES string of the molecule is CN1CCOC(CNCCCN2CCCC2)C1. The molecule has 0 aromatic heterocycles. The monoisotopic (exact) mass is 241 g/mol. The highest BCUT2D eigenvalue weighted by atomic mass is 16.5. The predicted octanol–water partition coefficient (Wildman–Crippen LogP) is 0.393. The average Bonchev–Trinajstić information content (AvgIpc) is 2.82. The zero-order chi connectivity index (χ0) is 11.9. The van der Waals surface area contributed by atoms with Crippen LogP contribution in [0.1, 0.15) is 19.3 Å². The van der Waals surface area contributed by atoms with Crippen LogP contribution in [0.3, 0.4) is 0 Å². The highest BCUT2D eigenvalue weighted by molar-refractivity contribution is 4.71. The smallest absolute Gasteiger partial charge is 0.0826 e. The molecule has 2 saturated heterocycles. The van der Waals surface area contributed by atoms with Gasteiger partial charge < -0.3 is 19.9 Å². The fourth-order valence-electron chi connectivity index (χ4n) is 2.69. The van der Waals surface area contributed by atoms with Gasteiger partial charge in [-0.2, -0.15) is 0 Å². The van der Waals surface area contributed by atoms with Gasteiger partial charge in [0.1, 0.15) is 0 Å². The van der Waals surface area contributed by atoms with Crippen LogP contribution >= 0.6 is 0 Å². The van der Waals surface area contributed by atoms with Crippen LogP contribution in [-0.2, 0) is 4.74 Å². The van der Waals surface area contributed by atoms with E-state index in [0.29, 0.717) is 6.10 Å². The van der Waals surface area contributed by atoms with Crippen LogP contribution in [0.25, 0.3) is 0 Å². The van der Waals surface area contributed by atoms with Gasteiger partial charge in [-0.05, 0) is 52.5 Å². The second-order valence-electron chi connectivity index (χ2n) is 5.36. The van der Waals surface area contributed by atoms with Crippen molar-refractivity contribution in [3.63, 3.8) is 0 Å². The van der Waals surface area contributed by atoms with Crippen molar-refractivity contribution in [2.45, 2.75) is 25.4 Å². The van der Waals surface area contributed by atoms with Crippen LogP contribution in [0.5, 0.6) is 0 Å². The molecule has 4 heteroatoms. The lowest BCUT2D eigenvalue weighted by Gasteiger charge is -2.30. The van der Waals surface area contributed by atoms with Crippen molar-refractivity contribution in [2.24, 2.45) is 0 Å². The molecular weight excluding hydrogens is 214 g/mol. The molecule has 2 aliphatic rings. The van der Waals surface area contributed by atoms with Crippen molar-refractivity contribution in [3.8, 4) is 0 Å². The number of likely N-dealkylation sites (tertiary alicyclic amines) is 1. The molecule has 100 valence electrons. The minimum atomic E-state index is 0.389. The van der Waals surface area contributed by atoms with E-state index in [1.165, 1.54) is 38.9 Å². The van der Waals surface area contributed by atoms with Gasteiger partial charge in [-0.25, -0.2) is 0 Å². The Kier molecular flexibility index (Phi) is 5.71. The van der Waals surface area contributed by atoms with E-state index in [0.717, 1.165) is 32.8 Å². The van der Waals surface area contributed by atoms with Gasteiger partial charge in [-0.3, -0.25) is 0 Å². The lowest BCUT2D eigenvalue weighted by Crippen LogP contribution is -2.45. The Morgan fingerprint density at radius 2 is 2.06 bits per heavy atom. The van der Waals surface area contributed by atoms with E-state index < -0.39 is 0 Å². The minimum absolute atomic E-state index is 0.389. The highest BCUT2D eigenvalue weighted by Gasteiger charge is 2.16. The van der Waals surface area contributed by atoms with Crippen LogP contribution < -0.4 is 5.32 Å². The standard InChI is InChI=1S/C13H27N3O/c1-15-9-10-17-13(12-15)11-14-5-4-8-16-6-2-3-7-16/h13-14H,2-12H2,1H3. The normalized spacial score (nSPS) is 27.7. The Balaban J connectivity index is 1.45. The molecule has 0 aromatic carbocycles. The Morgan fingerprint density at radius 3 is 2.82 bits per heavy atom. The van der Waals surface area contributed by atoms with Gasteiger partial charge in [-0.15, -0.1) is 0 Å². The first-order valence-electron chi connectivity index (χ1n) is 7.08. The summed E-state index contributed by atoms with van der Waals surface area (Å²) in [6, 6.07) is 0. The van der Waals surface area contributed by atoms with Crippen LogP contribution in [0.15, 0.2) is 0 Å². The van der Waals surface area contributed by atoms with Gasteiger partial charge >= 0.3 is 0 Å². The van der Waals surface area contributed by atoms with Gasteiger partial charge in [0.05, 0.1) is 12.7 Å². The van der Waals surface area contributed by atoms with E-state index >= 15 is 0 Å². The molecule has 1 unspecified atom stereocenters. The molecule has 0 radical (unpaired) electrons. The van der Waals surface area contributed by atoms with Gasteiger partial charge in [0.15, 0.2) is 0 Å². The van der Waals surface area contributed by atoms with Gasteiger partial charge in [0.2, 0.25) is 0 Å². The maximum atomic E-state index is 5.71. The van der Waals surface area contributed by atoms with Gasteiger partial charge in [0, 0.05) is 19.6 Å². The quantitative estimate of drug-likeness (QED) is 0.681. The number of hydrogen-bond donors (Lipinski definition) is 1. The van der Waals surface area contributed by atoms with Crippen molar-refractivity contribution < 1.29 is 4.74 Å². The van der Waals surface area contributed by atoms with Crippen molar-refractivity contribution in [1.82, 2.24) is 15.1 Å². The molecule has 0 bridgehead atoms. The van der Waals surface area contributed by atoms with Gasteiger partial charge in [-0.1, -0.05) is 0 Å². The zero-order valence-corrected chi connectivity index (χ0v) is 11.2. The van der Waals surface area contributed by atoms with Crippen molar-refractivity contribution >= 4 is 0 Å². The Bertz CT molecular complexity index is 207. The van der Waals surface area contributed by atoms with E-state index in [9.17, 15) is 0 Å². The number of nitrogens with one attached hydrogen (secondary N) is 1. The van der Waals surface area contributed by atoms with Gasteiger partial charge in [0.25, 0.3) is 0 Å². The van der Waals surface area contributed by atoms with Crippen LogP contribution in [0.4, 0.5) is 0 Å². The van der Waals surface area contributed by atoms with Crippen molar-refractivity contribution in [1.29, 1.82) is 0 Å². The van der Waals surface area contributed by atoms with E-state index in [1.54, 1.807) is 0 Å². The maximum Gasteiger partial charge on any atom is 0.0826 e. The number of rotatable bonds is 6. The van der Waals surface area contributed by atoms with Crippen LogP contribution in [0.2, 0.25) is 0 Å². The maximum absolute atomic E-state index is 5.71. The van der Waals surface area contributed by atoms with Crippen molar-refractivity contribution in [3.05, 3.63) is 0 Å². The molecule has 17 heavy (non-hydrogen) atoms. The molecule has 1 N–H and O–H groups in total. The largest absolute Gasteiger partial charge is 0.374 e.